The SMILES string of the molecule is O=C(O)c1ccc(NC(=NCC2CCCO2)NCCSC23CC4CC(CC(C4)C2)C3)cc1. The Labute approximate surface area is 195 Å². The fourth-order valence-electron chi connectivity index (χ4n) is 6.60. The number of hydrogen-bond acceptors (Lipinski definition) is 4. The van der Waals surface area contributed by atoms with Crippen molar-refractivity contribution in [3.05, 3.63) is 29.8 Å². The van der Waals surface area contributed by atoms with Gasteiger partial charge in [-0.2, -0.15) is 11.8 Å². The average Bonchev–Trinajstić information content (AvgIpc) is 3.28. The molecule has 4 aliphatic carbocycles. The van der Waals surface area contributed by atoms with Crippen molar-refractivity contribution in [2.75, 3.05) is 30.8 Å². The second-order valence-corrected chi connectivity index (χ2v) is 11.8. The van der Waals surface area contributed by atoms with Crippen LogP contribution in [0.25, 0.3) is 0 Å². The molecule has 1 aromatic carbocycles. The van der Waals surface area contributed by atoms with Crippen molar-refractivity contribution in [1.29, 1.82) is 0 Å². The first-order chi connectivity index (χ1) is 15.6. The second kappa shape index (κ2) is 9.64. The fourth-order valence-corrected chi connectivity index (χ4v) is 8.30. The summed E-state index contributed by atoms with van der Waals surface area (Å²) >= 11 is 2.20. The number of carbonyl (C=O) groups is 1. The normalized spacial score (nSPS) is 33.4. The van der Waals surface area contributed by atoms with E-state index in [9.17, 15) is 4.79 Å². The number of hydrogen-bond donors (Lipinski definition) is 3. The molecule has 0 amide bonds. The van der Waals surface area contributed by atoms with Crippen molar-refractivity contribution in [3.63, 3.8) is 0 Å². The van der Waals surface area contributed by atoms with Crippen LogP contribution in [-0.2, 0) is 4.74 Å². The summed E-state index contributed by atoms with van der Waals surface area (Å²) in [7, 11) is 0. The maximum absolute atomic E-state index is 11.1. The summed E-state index contributed by atoms with van der Waals surface area (Å²) in [6.07, 6.45) is 11.1. The molecule has 4 saturated carbocycles. The van der Waals surface area contributed by atoms with Gasteiger partial charge in [-0.05, 0) is 93.4 Å². The van der Waals surface area contributed by atoms with E-state index < -0.39 is 5.97 Å². The molecule has 1 aromatic rings. The molecule has 0 spiro atoms. The highest BCUT2D eigenvalue weighted by molar-refractivity contribution is 8.00. The van der Waals surface area contributed by atoms with E-state index >= 15 is 0 Å². The highest BCUT2D eigenvalue weighted by Gasteiger charge is 2.50. The van der Waals surface area contributed by atoms with Crippen LogP contribution < -0.4 is 10.6 Å². The number of guanidine groups is 1. The molecule has 7 heteroatoms. The lowest BCUT2D eigenvalue weighted by Crippen LogP contribution is -2.49. The van der Waals surface area contributed by atoms with Crippen LogP contribution >= 0.6 is 11.8 Å². The Kier molecular flexibility index (Phi) is 6.65. The van der Waals surface area contributed by atoms with Crippen LogP contribution in [0, 0.1) is 17.8 Å². The van der Waals surface area contributed by atoms with Crippen LogP contribution in [-0.4, -0.2) is 53.3 Å². The van der Waals surface area contributed by atoms with Crippen molar-refractivity contribution < 1.29 is 14.6 Å². The van der Waals surface area contributed by atoms with Gasteiger partial charge in [0.05, 0.1) is 18.2 Å². The molecule has 1 unspecified atom stereocenters. The third-order valence-electron chi connectivity index (χ3n) is 7.66. The molecule has 5 aliphatic rings. The van der Waals surface area contributed by atoms with Gasteiger partial charge < -0.3 is 20.5 Å². The van der Waals surface area contributed by atoms with E-state index in [4.69, 9.17) is 14.8 Å². The summed E-state index contributed by atoms with van der Waals surface area (Å²) in [5, 5.41) is 16.0. The van der Waals surface area contributed by atoms with Gasteiger partial charge in [0.2, 0.25) is 0 Å². The zero-order valence-corrected chi connectivity index (χ0v) is 19.5. The molecular formula is C25H35N3O3S. The lowest BCUT2D eigenvalue weighted by Gasteiger charge is -2.56. The van der Waals surface area contributed by atoms with Gasteiger partial charge in [-0.3, -0.25) is 4.99 Å². The molecule has 1 atom stereocenters. The van der Waals surface area contributed by atoms with Crippen LogP contribution in [0.2, 0.25) is 0 Å². The number of benzene rings is 1. The Morgan fingerprint density at radius 1 is 1.12 bits per heavy atom. The van der Waals surface area contributed by atoms with Gasteiger partial charge in [0.25, 0.3) is 0 Å². The molecule has 0 radical (unpaired) electrons. The minimum Gasteiger partial charge on any atom is -0.478 e. The summed E-state index contributed by atoms with van der Waals surface area (Å²) in [5.74, 6) is 3.88. The third-order valence-corrected chi connectivity index (χ3v) is 9.18. The number of aromatic carboxylic acids is 1. The van der Waals surface area contributed by atoms with Gasteiger partial charge in [-0.15, -0.1) is 0 Å². The number of anilines is 1. The van der Waals surface area contributed by atoms with Crippen molar-refractivity contribution >= 4 is 29.4 Å². The number of carboxylic acids is 1. The number of aliphatic imine (C=N–C) groups is 1. The molecule has 174 valence electrons. The summed E-state index contributed by atoms with van der Waals surface area (Å²) in [6, 6.07) is 6.81. The predicted molar refractivity (Wildman–Crippen MR) is 130 cm³/mol. The van der Waals surface area contributed by atoms with Crippen LogP contribution in [0.15, 0.2) is 29.3 Å². The Morgan fingerprint density at radius 3 is 2.41 bits per heavy atom. The van der Waals surface area contributed by atoms with Crippen molar-refractivity contribution in [2.24, 2.45) is 22.7 Å². The molecule has 4 bridgehead atoms. The van der Waals surface area contributed by atoms with Gasteiger partial charge in [-0.25, -0.2) is 4.79 Å². The van der Waals surface area contributed by atoms with E-state index in [0.717, 1.165) is 61.1 Å². The van der Waals surface area contributed by atoms with Crippen LogP contribution in [0.3, 0.4) is 0 Å². The largest absolute Gasteiger partial charge is 0.478 e. The van der Waals surface area contributed by atoms with E-state index in [-0.39, 0.29) is 11.7 Å². The van der Waals surface area contributed by atoms with Crippen molar-refractivity contribution in [2.45, 2.75) is 62.2 Å². The first-order valence-electron chi connectivity index (χ1n) is 12.2. The molecule has 1 saturated heterocycles. The molecule has 6 nitrogen and oxygen atoms in total. The number of carboxylic acid groups (broad SMARTS) is 1. The standard InChI is InChI=1S/C25H35N3O3S/c29-23(30)20-3-5-21(6-4-20)28-24(27-16-22-2-1-8-31-22)26-7-9-32-25-13-17-10-18(14-25)12-19(11-17)15-25/h3-6,17-19,22H,1-2,7-16H2,(H,29,30)(H2,26,27,28). The molecule has 1 aliphatic heterocycles. The van der Waals surface area contributed by atoms with Gasteiger partial charge in [0.15, 0.2) is 5.96 Å². The Bertz CT molecular complexity index is 800. The predicted octanol–water partition coefficient (Wildman–Crippen LogP) is 4.62. The Balaban J connectivity index is 1.16. The second-order valence-electron chi connectivity index (χ2n) is 10.2. The van der Waals surface area contributed by atoms with Gasteiger partial charge in [0, 0.05) is 29.3 Å². The first-order valence-corrected chi connectivity index (χ1v) is 13.2. The minimum atomic E-state index is -0.913. The summed E-state index contributed by atoms with van der Waals surface area (Å²) < 4.78 is 6.26. The average molecular weight is 458 g/mol. The van der Waals surface area contributed by atoms with Gasteiger partial charge in [0.1, 0.15) is 0 Å². The molecule has 6 rings (SSSR count). The lowest BCUT2D eigenvalue weighted by atomic mass is 9.56. The highest BCUT2D eigenvalue weighted by atomic mass is 32.2. The quantitative estimate of drug-likeness (QED) is 0.300. The topological polar surface area (TPSA) is 83.0 Å². The maximum atomic E-state index is 11.1. The molecule has 5 fully saturated rings. The zero-order valence-electron chi connectivity index (χ0n) is 18.7. The minimum absolute atomic E-state index is 0.199. The summed E-state index contributed by atoms with van der Waals surface area (Å²) in [5.41, 5.74) is 1.12. The number of rotatable bonds is 8. The molecule has 1 heterocycles. The zero-order chi connectivity index (χ0) is 22.0. The number of nitrogens with one attached hydrogen (secondary N) is 2. The van der Waals surface area contributed by atoms with E-state index in [1.807, 2.05) is 0 Å². The van der Waals surface area contributed by atoms with E-state index in [0.29, 0.717) is 11.3 Å². The maximum Gasteiger partial charge on any atom is 0.335 e. The van der Waals surface area contributed by atoms with Crippen LogP contribution in [0.1, 0.15) is 61.7 Å². The highest BCUT2D eigenvalue weighted by Crippen LogP contribution is 2.60. The third kappa shape index (κ3) is 5.25. The number of nitrogens with zero attached hydrogens (tertiary/aromatic N) is 1. The van der Waals surface area contributed by atoms with E-state index in [1.165, 1.54) is 38.5 Å². The molecular weight excluding hydrogens is 422 g/mol. The summed E-state index contributed by atoms with van der Waals surface area (Å²) in [6.45, 7) is 2.34. The van der Waals surface area contributed by atoms with Crippen LogP contribution in [0.4, 0.5) is 5.69 Å². The Morgan fingerprint density at radius 2 is 1.81 bits per heavy atom. The van der Waals surface area contributed by atoms with Crippen LogP contribution in [0.5, 0.6) is 0 Å². The van der Waals surface area contributed by atoms with Gasteiger partial charge >= 0.3 is 5.97 Å². The smallest absolute Gasteiger partial charge is 0.335 e. The molecule has 3 N–H and O–H groups in total. The summed E-state index contributed by atoms with van der Waals surface area (Å²) in [4.78, 5) is 15.9. The van der Waals surface area contributed by atoms with Gasteiger partial charge in [-0.1, -0.05) is 0 Å². The Hall–Kier alpha value is -1.73. The fraction of sp³-hybridized carbons (Fsp3) is 0.680. The number of ether oxygens (including phenoxy) is 1. The monoisotopic (exact) mass is 457 g/mol. The molecule has 32 heavy (non-hydrogen) atoms. The lowest BCUT2D eigenvalue weighted by molar-refractivity contribution is 0.0383. The van der Waals surface area contributed by atoms with Crippen molar-refractivity contribution in [3.8, 4) is 0 Å². The molecule has 0 aromatic heterocycles. The first kappa shape index (κ1) is 22.1. The van der Waals surface area contributed by atoms with E-state index in [1.54, 1.807) is 24.3 Å². The van der Waals surface area contributed by atoms with Crippen molar-refractivity contribution in [1.82, 2.24) is 5.32 Å². The number of thioether (sulfide) groups is 1. The van der Waals surface area contributed by atoms with E-state index in [2.05, 4.69) is 22.4 Å².